The van der Waals surface area contributed by atoms with E-state index in [9.17, 15) is 28.6 Å². The number of hydrogen-bond acceptors (Lipinski definition) is 8. The largest absolute Gasteiger partial charge is 0.490 e. The van der Waals surface area contributed by atoms with Crippen molar-refractivity contribution < 1.29 is 27.1 Å². The molecule has 0 radical (unpaired) electrons. The Labute approximate surface area is 238 Å². The first-order valence-electron chi connectivity index (χ1n) is 10.9. The number of aryl methyl sites for hydroxylation is 1. The maximum absolute atomic E-state index is 12.8. The number of nitro groups is 1. The van der Waals surface area contributed by atoms with Crippen molar-refractivity contribution in [1.82, 2.24) is 0 Å². The molecule has 202 valence electrons. The molecule has 0 saturated heterocycles. The molecule has 0 heterocycles. The van der Waals surface area contributed by atoms with Crippen LogP contribution in [0.3, 0.4) is 0 Å². The molecule has 0 aliphatic carbocycles. The van der Waals surface area contributed by atoms with Gasteiger partial charge in [-0.25, -0.2) is 0 Å². The highest BCUT2D eigenvalue weighted by Gasteiger charge is 2.23. The zero-order valence-electron chi connectivity index (χ0n) is 20.2. The SMILES string of the molecule is CCOc1cc(/C=C(\C#N)C(=O)Nc2c(Cl)cc([N+](=O)[O-])cc2Cl)cc(Cl)c1OS(=O)(=O)c1ccc(C)cc1. The van der Waals surface area contributed by atoms with Crippen LogP contribution in [0.5, 0.6) is 11.5 Å². The Bertz CT molecular complexity index is 1610. The summed E-state index contributed by atoms with van der Waals surface area (Å²) in [5, 5.41) is 22.3. The second-order valence-electron chi connectivity index (χ2n) is 7.78. The molecule has 1 amide bonds. The van der Waals surface area contributed by atoms with E-state index in [1.807, 2.05) is 0 Å². The first-order chi connectivity index (χ1) is 18.4. The molecule has 0 saturated carbocycles. The Morgan fingerprint density at radius 1 is 1.10 bits per heavy atom. The molecule has 10 nitrogen and oxygen atoms in total. The summed E-state index contributed by atoms with van der Waals surface area (Å²) in [6, 6.07) is 12.3. The number of non-ortho nitro benzene ring substituents is 1. The van der Waals surface area contributed by atoms with Gasteiger partial charge >= 0.3 is 10.1 Å². The number of carbonyl (C=O) groups is 1. The Kier molecular flexibility index (Phi) is 9.42. The maximum atomic E-state index is 12.8. The van der Waals surface area contributed by atoms with Gasteiger partial charge in [0.2, 0.25) is 5.75 Å². The molecular formula is C25H18Cl3N3O7S. The summed E-state index contributed by atoms with van der Waals surface area (Å²) >= 11 is 18.4. The van der Waals surface area contributed by atoms with Gasteiger partial charge in [-0.1, -0.05) is 52.5 Å². The van der Waals surface area contributed by atoms with Crippen LogP contribution in [0.1, 0.15) is 18.1 Å². The van der Waals surface area contributed by atoms with E-state index in [0.29, 0.717) is 0 Å². The minimum Gasteiger partial charge on any atom is -0.490 e. The molecule has 39 heavy (non-hydrogen) atoms. The van der Waals surface area contributed by atoms with E-state index >= 15 is 0 Å². The quantitative estimate of drug-likeness (QED) is 0.0939. The highest BCUT2D eigenvalue weighted by Crippen LogP contribution is 2.39. The van der Waals surface area contributed by atoms with E-state index in [0.717, 1.165) is 23.8 Å². The third-order valence-corrected chi connectivity index (χ3v) is 7.10. The van der Waals surface area contributed by atoms with Crippen LogP contribution in [0, 0.1) is 28.4 Å². The molecule has 3 aromatic carbocycles. The number of halogens is 3. The number of nitrogens with one attached hydrogen (secondary N) is 1. The zero-order valence-corrected chi connectivity index (χ0v) is 23.3. The van der Waals surface area contributed by atoms with Gasteiger partial charge in [0.25, 0.3) is 11.6 Å². The second kappa shape index (κ2) is 12.4. The Morgan fingerprint density at radius 3 is 2.26 bits per heavy atom. The van der Waals surface area contributed by atoms with E-state index in [-0.39, 0.29) is 55.0 Å². The monoisotopic (exact) mass is 609 g/mol. The van der Waals surface area contributed by atoms with Crippen molar-refractivity contribution in [2.45, 2.75) is 18.7 Å². The highest BCUT2D eigenvalue weighted by molar-refractivity contribution is 7.87. The zero-order chi connectivity index (χ0) is 28.9. The Hall–Kier alpha value is -3.82. The van der Waals surface area contributed by atoms with Crippen molar-refractivity contribution in [3.63, 3.8) is 0 Å². The fraction of sp³-hybridized carbons (Fsp3) is 0.120. The summed E-state index contributed by atoms with van der Waals surface area (Å²) in [6.45, 7) is 3.58. The summed E-state index contributed by atoms with van der Waals surface area (Å²) in [6.07, 6.45) is 1.16. The van der Waals surface area contributed by atoms with Gasteiger partial charge in [0.15, 0.2) is 5.75 Å². The lowest BCUT2D eigenvalue weighted by Crippen LogP contribution is -2.14. The number of amides is 1. The van der Waals surface area contributed by atoms with E-state index < -0.39 is 26.5 Å². The summed E-state index contributed by atoms with van der Waals surface area (Å²) in [5.41, 5.74) is 0.127. The third-order valence-electron chi connectivity index (χ3n) is 4.99. The molecule has 1 N–H and O–H groups in total. The lowest BCUT2D eigenvalue weighted by Gasteiger charge is -2.14. The summed E-state index contributed by atoms with van der Waals surface area (Å²) in [7, 11) is -4.26. The van der Waals surface area contributed by atoms with Crippen molar-refractivity contribution in [2.75, 3.05) is 11.9 Å². The molecule has 3 rings (SSSR count). The molecule has 0 aromatic heterocycles. The van der Waals surface area contributed by atoms with Crippen LogP contribution in [0.15, 0.2) is 59.0 Å². The number of benzene rings is 3. The average molecular weight is 611 g/mol. The van der Waals surface area contributed by atoms with E-state index in [1.165, 1.54) is 24.3 Å². The third kappa shape index (κ3) is 7.19. The minimum atomic E-state index is -4.26. The molecule has 14 heteroatoms. The van der Waals surface area contributed by atoms with Crippen LogP contribution in [0.4, 0.5) is 11.4 Å². The standard InChI is InChI=1S/C25H18Cl3N3O7S/c1-3-37-22-10-15(9-21(28)24(22)38-39(35,36)18-6-4-14(2)5-7-18)8-16(13-29)25(32)30-23-19(26)11-17(31(33)34)12-20(23)27/h4-12H,3H2,1-2H3,(H,30,32)/b16-8+. The van der Waals surface area contributed by atoms with Gasteiger partial charge in [-0.2, -0.15) is 13.7 Å². The number of ether oxygens (including phenoxy) is 1. The molecule has 0 aliphatic heterocycles. The minimum absolute atomic E-state index is 0.0499. The van der Waals surface area contributed by atoms with Crippen LogP contribution < -0.4 is 14.2 Å². The number of nitriles is 1. The molecule has 0 bridgehead atoms. The average Bonchev–Trinajstić information content (AvgIpc) is 2.86. The van der Waals surface area contributed by atoms with Gasteiger partial charge < -0.3 is 14.2 Å². The normalized spacial score (nSPS) is 11.4. The first kappa shape index (κ1) is 29.7. The number of hydrogen-bond donors (Lipinski definition) is 1. The Morgan fingerprint density at radius 2 is 1.72 bits per heavy atom. The number of nitrogens with zero attached hydrogens (tertiary/aromatic N) is 2. The van der Waals surface area contributed by atoms with Gasteiger partial charge in [-0.15, -0.1) is 0 Å². The van der Waals surface area contributed by atoms with Crippen LogP contribution in [0.2, 0.25) is 15.1 Å². The predicted octanol–water partition coefficient (Wildman–Crippen LogP) is 6.58. The molecular weight excluding hydrogens is 593 g/mol. The van der Waals surface area contributed by atoms with E-state index in [4.69, 9.17) is 43.7 Å². The van der Waals surface area contributed by atoms with Crippen molar-refractivity contribution >= 4 is 68.3 Å². The predicted molar refractivity (Wildman–Crippen MR) is 147 cm³/mol. The lowest BCUT2D eigenvalue weighted by molar-refractivity contribution is -0.384. The van der Waals surface area contributed by atoms with Crippen molar-refractivity contribution in [3.8, 4) is 17.6 Å². The number of rotatable bonds is 9. The van der Waals surface area contributed by atoms with Crippen molar-refractivity contribution in [3.05, 3.63) is 90.4 Å². The smallest absolute Gasteiger partial charge is 0.339 e. The summed E-state index contributed by atoms with van der Waals surface area (Å²) in [4.78, 5) is 22.9. The van der Waals surface area contributed by atoms with Crippen LogP contribution in [-0.2, 0) is 14.9 Å². The summed E-state index contributed by atoms with van der Waals surface area (Å²) < 4.78 is 36.4. The van der Waals surface area contributed by atoms with Crippen LogP contribution in [0.25, 0.3) is 6.08 Å². The maximum Gasteiger partial charge on any atom is 0.339 e. The van der Waals surface area contributed by atoms with E-state index in [1.54, 1.807) is 32.0 Å². The molecule has 0 spiro atoms. The van der Waals surface area contributed by atoms with Crippen molar-refractivity contribution in [2.24, 2.45) is 0 Å². The molecule has 0 fully saturated rings. The molecule has 3 aromatic rings. The van der Waals surface area contributed by atoms with E-state index in [2.05, 4.69) is 5.32 Å². The molecule has 0 unspecified atom stereocenters. The van der Waals surface area contributed by atoms with Crippen LogP contribution in [-0.4, -0.2) is 25.9 Å². The first-order valence-corrected chi connectivity index (χ1v) is 13.4. The van der Waals surface area contributed by atoms with Crippen LogP contribution >= 0.6 is 34.8 Å². The lowest BCUT2D eigenvalue weighted by atomic mass is 10.1. The van der Waals surface area contributed by atoms with Gasteiger partial charge in [0.05, 0.1) is 32.3 Å². The summed E-state index contributed by atoms with van der Waals surface area (Å²) in [5.74, 6) is -1.25. The number of carbonyl (C=O) groups excluding carboxylic acids is 1. The fourth-order valence-corrected chi connectivity index (χ4v) is 4.99. The number of nitro benzene ring substituents is 1. The highest BCUT2D eigenvalue weighted by atomic mass is 35.5. The fourth-order valence-electron chi connectivity index (χ4n) is 3.16. The topological polar surface area (TPSA) is 149 Å². The Balaban J connectivity index is 1.95. The van der Waals surface area contributed by atoms with Gasteiger partial charge in [0, 0.05) is 12.1 Å². The molecule has 0 atom stereocenters. The van der Waals surface area contributed by atoms with Gasteiger partial charge in [-0.05, 0) is 49.8 Å². The number of anilines is 1. The van der Waals surface area contributed by atoms with Gasteiger partial charge in [-0.3, -0.25) is 14.9 Å². The second-order valence-corrected chi connectivity index (χ2v) is 10.5. The molecule has 0 aliphatic rings. The van der Waals surface area contributed by atoms with Crippen molar-refractivity contribution in [1.29, 1.82) is 5.26 Å². The van der Waals surface area contributed by atoms with Gasteiger partial charge in [0.1, 0.15) is 16.5 Å².